The highest BCUT2D eigenvalue weighted by Gasteiger charge is 2.37. The van der Waals surface area contributed by atoms with Crippen molar-refractivity contribution >= 4 is 10.0 Å². The smallest absolute Gasteiger partial charge is 0.247 e. The van der Waals surface area contributed by atoms with Crippen LogP contribution >= 0.6 is 0 Å². The number of hydrogen-bond acceptors (Lipinski definition) is 6. The standard InChI is InChI=1S/C21H29N3O4S/c1-15-12-24(16(2)14-25)29(26,27)21-6-5-18(17-7-9-22-10-8-17)11-19(21)28-20(15)13-23(3)4/h5-11,15-16,20,25H,12-14H2,1-4H3/t15-,16-,20+/m0/s1. The number of aliphatic hydroxyl groups excluding tert-OH is 1. The van der Waals surface area contributed by atoms with Crippen molar-refractivity contribution < 1.29 is 18.3 Å². The fourth-order valence-electron chi connectivity index (χ4n) is 3.53. The van der Waals surface area contributed by atoms with E-state index in [0.717, 1.165) is 11.1 Å². The van der Waals surface area contributed by atoms with Crippen LogP contribution in [-0.4, -0.2) is 73.7 Å². The van der Waals surface area contributed by atoms with Crippen LogP contribution in [0, 0.1) is 5.92 Å². The van der Waals surface area contributed by atoms with E-state index in [1.807, 2.05) is 38.1 Å². The van der Waals surface area contributed by atoms with Gasteiger partial charge >= 0.3 is 0 Å². The van der Waals surface area contributed by atoms with Crippen LogP contribution in [0.5, 0.6) is 5.75 Å². The summed E-state index contributed by atoms with van der Waals surface area (Å²) in [7, 11) is 0.117. The molecule has 0 spiro atoms. The molecule has 1 aromatic carbocycles. The highest BCUT2D eigenvalue weighted by Crippen LogP contribution is 2.36. The SMILES string of the molecule is C[C@H]1CN([C@@H](C)CO)S(=O)(=O)c2ccc(-c3ccncc3)cc2O[C@@H]1CN(C)C. The van der Waals surface area contributed by atoms with Gasteiger partial charge in [0.15, 0.2) is 0 Å². The number of aliphatic hydroxyl groups is 1. The van der Waals surface area contributed by atoms with E-state index in [9.17, 15) is 13.5 Å². The van der Waals surface area contributed by atoms with Gasteiger partial charge in [-0.3, -0.25) is 4.98 Å². The lowest BCUT2D eigenvalue weighted by molar-refractivity contribution is 0.0813. The quantitative estimate of drug-likeness (QED) is 0.799. The molecule has 2 heterocycles. The predicted octanol–water partition coefficient (Wildman–Crippen LogP) is 2.08. The molecule has 0 fully saturated rings. The average Bonchev–Trinajstić information content (AvgIpc) is 2.70. The molecule has 3 atom stereocenters. The van der Waals surface area contributed by atoms with Crippen molar-refractivity contribution in [1.29, 1.82) is 0 Å². The van der Waals surface area contributed by atoms with Crippen LogP contribution in [0.3, 0.4) is 0 Å². The van der Waals surface area contributed by atoms with E-state index in [-0.39, 0.29) is 30.1 Å². The van der Waals surface area contributed by atoms with Gasteiger partial charge in [-0.1, -0.05) is 13.0 Å². The van der Waals surface area contributed by atoms with E-state index in [4.69, 9.17) is 4.74 Å². The second-order valence-corrected chi connectivity index (χ2v) is 9.76. The number of hydrogen-bond donors (Lipinski definition) is 1. The summed E-state index contributed by atoms with van der Waals surface area (Å²) in [5.41, 5.74) is 1.79. The Kier molecular flexibility index (Phi) is 6.58. The van der Waals surface area contributed by atoms with Gasteiger partial charge in [-0.15, -0.1) is 0 Å². The molecule has 0 saturated heterocycles. The minimum absolute atomic E-state index is 0.0566. The number of rotatable bonds is 5. The Morgan fingerprint density at radius 3 is 2.55 bits per heavy atom. The van der Waals surface area contributed by atoms with Gasteiger partial charge in [0, 0.05) is 37.4 Å². The van der Waals surface area contributed by atoms with E-state index in [0.29, 0.717) is 12.3 Å². The van der Waals surface area contributed by atoms with Gasteiger partial charge in [0.05, 0.1) is 6.61 Å². The fourth-order valence-corrected chi connectivity index (χ4v) is 5.35. The molecular weight excluding hydrogens is 390 g/mol. The Hall–Kier alpha value is -2.00. The molecule has 3 rings (SSSR count). The summed E-state index contributed by atoms with van der Waals surface area (Å²) in [6.45, 7) is 4.41. The topological polar surface area (TPSA) is 83.0 Å². The summed E-state index contributed by atoms with van der Waals surface area (Å²) in [5.74, 6) is 0.284. The van der Waals surface area contributed by atoms with Crippen molar-refractivity contribution in [2.45, 2.75) is 30.9 Å². The van der Waals surface area contributed by atoms with E-state index in [2.05, 4.69) is 4.98 Å². The molecule has 1 aliphatic heterocycles. The Bertz CT molecular complexity index is 934. The molecule has 0 bridgehead atoms. The first-order chi connectivity index (χ1) is 13.7. The van der Waals surface area contributed by atoms with Gasteiger partial charge in [-0.2, -0.15) is 4.31 Å². The minimum atomic E-state index is -3.82. The molecule has 1 N–H and O–H groups in total. The number of sulfonamides is 1. The minimum Gasteiger partial charge on any atom is -0.487 e. The van der Waals surface area contributed by atoms with Crippen LogP contribution in [-0.2, 0) is 10.0 Å². The first-order valence-electron chi connectivity index (χ1n) is 9.72. The number of nitrogens with zero attached hydrogens (tertiary/aromatic N) is 3. The van der Waals surface area contributed by atoms with Crippen molar-refractivity contribution in [1.82, 2.24) is 14.2 Å². The second kappa shape index (κ2) is 8.79. The van der Waals surface area contributed by atoms with Crippen molar-refractivity contribution in [2.75, 3.05) is 33.8 Å². The summed E-state index contributed by atoms with van der Waals surface area (Å²) in [4.78, 5) is 6.20. The molecule has 0 aliphatic carbocycles. The number of benzene rings is 1. The molecule has 2 aromatic rings. The van der Waals surface area contributed by atoms with Crippen molar-refractivity contribution in [2.24, 2.45) is 5.92 Å². The number of aromatic nitrogens is 1. The molecule has 1 aliphatic rings. The summed E-state index contributed by atoms with van der Waals surface area (Å²) in [6, 6.07) is 8.39. The summed E-state index contributed by atoms with van der Waals surface area (Å²) in [6.07, 6.45) is 3.21. The third kappa shape index (κ3) is 4.61. The highest BCUT2D eigenvalue weighted by atomic mass is 32.2. The molecule has 0 saturated carbocycles. The van der Waals surface area contributed by atoms with E-state index in [1.54, 1.807) is 37.5 Å². The van der Waals surface area contributed by atoms with Crippen molar-refractivity contribution in [3.63, 3.8) is 0 Å². The van der Waals surface area contributed by atoms with Crippen LogP contribution in [0.4, 0.5) is 0 Å². The summed E-state index contributed by atoms with van der Waals surface area (Å²) >= 11 is 0. The number of fused-ring (bicyclic) bond motifs is 1. The number of pyridine rings is 1. The second-order valence-electron chi connectivity index (χ2n) is 7.90. The maximum Gasteiger partial charge on any atom is 0.247 e. The summed E-state index contributed by atoms with van der Waals surface area (Å²) < 4.78 is 34.5. The Balaban J connectivity index is 2.14. The van der Waals surface area contributed by atoms with Crippen molar-refractivity contribution in [3.8, 4) is 16.9 Å². The molecule has 0 radical (unpaired) electrons. The average molecular weight is 420 g/mol. The zero-order valence-electron chi connectivity index (χ0n) is 17.3. The van der Waals surface area contributed by atoms with Gasteiger partial charge in [-0.05, 0) is 56.4 Å². The van der Waals surface area contributed by atoms with E-state index in [1.165, 1.54) is 4.31 Å². The predicted molar refractivity (Wildman–Crippen MR) is 112 cm³/mol. The van der Waals surface area contributed by atoms with Gasteiger partial charge in [0.25, 0.3) is 0 Å². The maximum atomic E-state index is 13.4. The van der Waals surface area contributed by atoms with Crippen LogP contribution in [0.25, 0.3) is 11.1 Å². The molecule has 7 nitrogen and oxygen atoms in total. The monoisotopic (exact) mass is 419 g/mol. The first kappa shape index (κ1) is 21.7. The Labute approximate surface area is 173 Å². The molecule has 1 aromatic heterocycles. The number of likely N-dealkylation sites (N-methyl/N-ethyl adjacent to an activating group) is 1. The molecular formula is C21H29N3O4S. The normalized spacial score (nSPS) is 23.0. The third-order valence-electron chi connectivity index (χ3n) is 5.23. The number of ether oxygens (including phenoxy) is 1. The van der Waals surface area contributed by atoms with Crippen LogP contribution in [0.15, 0.2) is 47.6 Å². The lowest BCUT2D eigenvalue weighted by atomic mass is 10.0. The molecule has 0 unspecified atom stereocenters. The zero-order chi connectivity index (χ0) is 21.2. The molecule has 29 heavy (non-hydrogen) atoms. The van der Waals surface area contributed by atoms with Crippen LogP contribution in [0.2, 0.25) is 0 Å². The van der Waals surface area contributed by atoms with Crippen LogP contribution in [0.1, 0.15) is 13.8 Å². The fraction of sp³-hybridized carbons (Fsp3) is 0.476. The third-order valence-corrected chi connectivity index (χ3v) is 7.25. The zero-order valence-corrected chi connectivity index (χ0v) is 18.1. The molecule has 0 amide bonds. The Morgan fingerprint density at radius 1 is 1.24 bits per heavy atom. The van der Waals surface area contributed by atoms with Crippen LogP contribution < -0.4 is 4.74 Å². The van der Waals surface area contributed by atoms with Gasteiger partial charge in [0.2, 0.25) is 10.0 Å². The maximum absolute atomic E-state index is 13.4. The van der Waals surface area contributed by atoms with Gasteiger partial charge in [0.1, 0.15) is 16.7 Å². The molecule has 158 valence electrons. The van der Waals surface area contributed by atoms with E-state index < -0.39 is 16.1 Å². The van der Waals surface area contributed by atoms with Gasteiger partial charge < -0.3 is 14.7 Å². The lowest BCUT2D eigenvalue weighted by Gasteiger charge is -2.37. The largest absolute Gasteiger partial charge is 0.487 e. The molecule has 8 heteroatoms. The van der Waals surface area contributed by atoms with E-state index >= 15 is 0 Å². The van der Waals surface area contributed by atoms with Crippen molar-refractivity contribution in [3.05, 3.63) is 42.7 Å². The lowest BCUT2D eigenvalue weighted by Crippen LogP contribution is -2.49. The van der Waals surface area contributed by atoms with Gasteiger partial charge in [-0.25, -0.2) is 8.42 Å². The Morgan fingerprint density at radius 2 is 1.93 bits per heavy atom. The highest BCUT2D eigenvalue weighted by molar-refractivity contribution is 7.89. The summed E-state index contributed by atoms with van der Waals surface area (Å²) in [5, 5.41) is 9.67. The first-order valence-corrected chi connectivity index (χ1v) is 11.2.